The van der Waals surface area contributed by atoms with Gasteiger partial charge < -0.3 is 10.5 Å². The number of halogens is 1. The molecule has 5 nitrogen and oxygen atoms in total. The lowest BCUT2D eigenvalue weighted by molar-refractivity contribution is 0.463. The zero-order valence-corrected chi connectivity index (χ0v) is 10.2. The molecule has 2 N–H and O–H groups in total. The Morgan fingerprint density at radius 3 is 3.00 bits per heavy atom. The molecule has 6 heteroatoms. The van der Waals surface area contributed by atoms with Crippen molar-refractivity contribution < 1.29 is 9.13 Å². The molecule has 2 aromatic heterocycles. The molecule has 0 bridgehead atoms. The Labute approximate surface area is 108 Å². The summed E-state index contributed by atoms with van der Waals surface area (Å²) in [6, 6.07) is 4.48. The lowest BCUT2D eigenvalue weighted by atomic mass is 10.2. The van der Waals surface area contributed by atoms with E-state index in [2.05, 4.69) is 9.97 Å². The molecule has 3 aromatic rings. The molecule has 0 aliphatic heterocycles. The van der Waals surface area contributed by atoms with E-state index in [0.717, 1.165) is 0 Å². The minimum absolute atomic E-state index is 0.279. The van der Waals surface area contributed by atoms with Crippen molar-refractivity contribution in [1.82, 2.24) is 14.4 Å². The maximum atomic E-state index is 13.2. The van der Waals surface area contributed by atoms with Crippen LogP contribution in [0.3, 0.4) is 0 Å². The first-order valence-corrected chi connectivity index (χ1v) is 5.66. The molecule has 0 saturated heterocycles. The number of benzene rings is 1. The van der Waals surface area contributed by atoms with Gasteiger partial charge in [0, 0.05) is 12.4 Å². The maximum absolute atomic E-state index is 13.2. The Morgan fingerprint density at radius 2 is 2.21 bits per heavy atom. The van der Waals surface area contributed by atoms with Gasteiger partial charge in [-0.15, -0.1) is 0 Å². The zero-order valence-electron chi connectivity index (χ0n) is 10.2. The van der Waals surface area contributed by atoms with Crippen LogP contribution in [0.2, 0.25) is 0 Å². The number of aryl methyl sites for hydroxylation is 1. The van der Waals surface area contributed by atoms with Gasteiger partial charge in [0.25, 0.3) is 5.88 Å². The van der Waals surface area contributed by atoms with Crippen LogP contribution in [-0.2, 0) is 0 Å². The predicted molar refractivity (Wildman–Crippen MR) is 68.6 cm³/mol. The predicted octanol–water partition coefficient (Wildman–Crippen LogP) is 2.55. The summed E-state index contributed by atoms with van der Waals surface area (Å²) in [4.78, 5) is 8.24. The molecule has 0 radical (unpaired) electrons. The van der Waals surface area contributed by atoms with Crippen LogP contribution in [0.5, 0.6) is 11.6 Å². The van der Waals surface area contributed by atoms with Crippen LogP contribution in [0.25, 0.3) is 5.65 Å². The molecule has 0 saturated carbocycles. The standard InChI is InChI=1S/C13H11FN4O/c1-8-6-9(2-3-10(8)14)19-13-12-16-4-5-18(12)7-11(15)17-13/h2-7H,15H2,1H3. The van der Waals surface area contributed by atoms with E-state index >= 15 is 0 Å². The zero-order chi connectivity index (χ0) is 13.4. The van der Waals surface area contributed by atoms with Gasteiger partial charge in [-0.1, -0.05) is 0 Å². The smallest absolute Gasteiger partial charge is 0.265 e. The average Bonchev–Trinajstić information content (AvgIpc) is 2.82. The molecule has 96 valence electrons. The van der Waals surface area contributed by atoms with Crippen molar-refractivity contribution in [3.05, 3.63) is 48.2 Å². The van der Waals surface area contributed by atoms with Crippen LogP contribution in [-0.4, -0.2) is 14.4 Å². The number of imidazole rings is 1. The Bertz CT molecular complexity index is 753. The average molecular weight is 258 g/mol. The summed E-state index contributed by atoms with van der Waals surface area (Å²) in [6.07, 6.45) is 5.01. The first-order valence-electron chi connectivity index (χ1n) is 5.66. The molecule has 0 unspecified atom stereocenters. The number of nitrogens with zero attached hydrogens (tertiary/aromatic N) is 3. The summed E-state index contributed by atoms with van der Waals surface area (Å²) in [5, 5.41) is 0. The SMILES string of the molecule is Cc1cc(Oc2nc(N)cn3ccnc23)ccc1F. The van der Waals surface area contributed by atoms with Gasteiger partial charge in [0.2, 0.25) is 5.65 Å². The Morgan fingerprint density at radius 1 is 1.37 bits per heavy atom. The fourth-order valence-electron chi connectivity index (χ4n) is 1.78. The van der Waals surface area contributed by atoms with Gasteiger partial charge in [0.05, 0.1) is 6.20 Å². The molecule has 19 heavy (non-hydrogen) atoms. The van der Waals surface area contributed by atoms with Crippen LogP contribution in [0.15, 0.2) is 36.8 Å². The molecule has 0 spiro atoms. The monoisotopic (exact) mass is 258 g/mol. The third kappa shape index (κ3) is 2.08. The number of fused-ring (bicyclic) bond motifs is 1. The van der Waals surface area contributed by atoms with Crippen LogP contribution < -0.4 is 10.5 Å². The van der Waals surface area contributed by atoms with Gasteiger partial charge in [-0.2, -0.15) is 4.98 Å². The first kappa shape index (κ1) is 11.5. The van der Waals surface area contributed by atoms with Gasteiger partial charge >= 0.3 is 0 Å². The third-order valence-electron chi connectivity index (χ3n) is 2.71. The summed E-state index contributed by atoms with van der Waals surface area (Å²) in [7, 11) is 0. The number of nitrogen functional groups attached to an aromatic ring is 1. The summed E-state index contributed by atoms with van der Waals surface area (Å²) in [5.74, 6) is 0.816. The number of hydrogen-bond donors (Lipinski definition) is 1. The minimum atomic E-state index is -0.279. The second-order valence-electron chi connectivity index (χ2n) is 4.14. The second kappa shape index (κ2) is 4.24. The highest BCUT2D eigenvalue weighted by atomic mass is 19.1. The molecule has 0 fully saturated rings. The topological polar surface area (TPSA) is 65.4 Å². The molecule has 3 rings (SSSR count). The lowest BCUT2D eigenvalue weighted by Crippen LogP contribution is -1.99. The van der Waals surface area contributed by atoms with Crippen molar-refractivity contribution in [1.29, 1.82) is 0 Å². The van der Waals surface area contributed by atoms with Crippen LogP contribution in [0.1, 0.15) is 5.56 Å². The van der Waals surface area contributed by atoms with Crippen molar-refractivity contribution in [2.45, 2.75) is 6.92 Å². The lowest BCUT2D eigenvalue weighted by Gasteiger charge is -2.07. The Hall–Kier alpha value is -2.63. The number of nitrogens with two attached hydrogens (primary N) is 1. The summed E-state index contributed by atoms with van der Waals surface area (Å²) < 4.78 is 20.5. The van der Waals surface area contributed by atoms with Crippen molar-refractivity contribution >= 4 is 11.5 Å². The molecule has 2 heterocycles. The van der Waals surface area contributed by atoms with Crippen molar-refractivity contribution in [3.8, 4) is 11.6 Å². The van der Waals surface area contributed by atoms with E-state index in [1.165, 1.54) is 12.1 Å². The van der Waals surface area contributed by atoms with Gasteiger partial charge in [-0.25, -0.2) is 9.37 Å². The maximum Gasteiger partial charge on any atom is 0.265 e. The highest BCUT2D eigenvalue weighted by Gasteiger charge is 2.09. The molecular formula is C13H11FN4O. The molecule has 0 aliphatic carbocycles. The quantitative estimate of drug-likeness (QED) is 0.767. The van der Waals surface area contributed by atoms with E-state index < -0.39 is 0 Å². The largest absolute Gasteiger partial charge is 0.436 e. The molecule has 0 amide bonds. The number of aromatic nitrogens is 3. The van der Waals surface area contributed by atoms with Crippen molar-refractivity contribution in [3.63, 3.8) is 0 Å². The fourth-order valence-corrected chi connectivity index (χ4v) is 1.78. The normalized spacial score (nSPS) is 10.8. The van der Waals surface area contributed by atoms with Gasteiger partial charge in [0.15, 0.2) is 0 Å². The number of rotatable bonds is 2. The minimum Gasteiger partial charge on any atom is -0.436 e. The molecule has 1 aromatic carbocycles. The summed E-state index contributed by atoms with van der Waals surface area (Å²) in [5.41, 5.74) is 6.74. The van der Waals surface area contributed by atoms with Crippen molar-refractivity contribution in [2.75, 3.05) is 5.73 Å². The van der Waals surface area contributed by atoms with E-state index in [1.807, 2.05) is 0 Å². The third-order valence-corrected chi connectivity index (χ3v) is 2.71. The van der Waals surface area contributed by atoms with Crippen LogP contribution in [0, 0.1) is 12.7 Å². The molecular weight excluding hydrogens is 247 g/mol. The summed E-state index contributed by atoms with van der Waals surface area (Å²) >= 11 is 0. The van der Waals surface area contributed by atoms with E-state index in [4.69, 9.17) is 10.5 Å². The van der Waals surface area contributed by atoms with E-state index in [1.54, 1.807) is 36.0 Å². The number of hydrogen-bond acceptors (Lipinski definition) is 4. The van der Waals surface area contributed by atoms with Gasteiger partial charge in [0.1, 0.15) is 17.4 Å². The second-order valence-corrected chi connectivity index (χ2v) is 4.14. The van der Waals surface area contributed by atoms with Gasteiger partial charge in [-0.05, 0) is 30.7 Å². The molecule has 0 aliphatic rings. The Kier molecular flexibility index (Phi) is 2.56. The fraction of sp³-hybridized carbons (Fsp3) is 0.0769. The van der Waals surface area contributed by atoms with E-state index in [-0.39, 0.29) is 11.7 Å². The van der Waals surface area contributed by atoms with Crippen molar-refractivity contribution in [2.24, 2.45) is 0 Å². The van der Waals surface area contributed by atoms with E-state index in [0.29, 0.717) is 22.8 Å². The Balaban J connectivity index is 2.04. The van der Waals surface area contributed by atoms with Crippen LogP contribution >= 0.6 is 0 Å². The summed E-state index contributed by atoms with van der Waals surface area (Å²) in [6.45, 7) is 1.67. The van der Waals surface area contributed by atoms with Gasteiger partial charge in [-0.3, -0.25) is 4.40 Å². The molecule has 0 atom stereocenters. The van der Waals surface area contributed by atoms with Crippen LogP contribution in [0.4, 0.5) is 10.2 Å². The highest BCUT2D eigenvalue weighted by molar-refractivity contribution is 5.54. The highest BCUT2D eigenvalue weighted by Crippen LogP contribution is 2.25. The first-order chi connectivity index (χ1) is 9.13. The number of ether oxygens (including phenoxy) is 1. The van der Waals surface area contributed by atoms with E-state index in [9.17, 15) is 4.39 Å². The number of anilines is 1.